The molecule has 0 aliphatic heterocycles. The molecule has 17 heavy (non-hydrogen) atoms. The van der Waals surface area contributed by atoms with E-state index in [0.29, 0.717) is 17.9 Å². The number of nitrogens with zero attached hydrogens (tertiary/aromatic N) is 1. The van der Waals surface area contributed by atoms with Crippen molar-refractivity contribution in [3.05, 3.63) is 24.3 Å². The van der Waals surface area contributed by atoms with Crippen LogP contribution < -0.4 is 10.1 Å². The summed E-state index contributed by atoms with van der Waals surface area (Å²) in [5.41, 5.74) is 0.614. The molecule has 0 unspecified atom stereocenters. The highest BCUT2D eigenvalue weighted by atomic mass is 16.5. The van der Waals surface area contributed by atoms with E-state index in [-0.39, 0.29) is 25.5 Å². The van der Waals surface area contributed by atoms with Gasteiger partial charge in [-0.15, -0.1) is 0 Å². The summed E-state index contributed by atoms with van der Waals surface area (Å²) in [5, 5.41) is 19.6. The fraction of sp³-hybridized carbons (Fsp3) is 0.333. The van der Waals surface area contributed by atoms with E-state index >= 15 is 0 Å². The minimum absolute atomic E-state index is 0.00125. The van der Waals surface area contributed by atoms with Crippen LogP contribution in [0.5, 0.6) is 5.75 Å². The van der Waals surface area contributed by atoms with Crippen LogP contribution in [0.4, 0.5) is 5.69 Å². The lowest BCUT2D eigenvalue weighted by atomic mass is 10.2. The number of hydrogen-bond donors (Lipinski definition) is 2. The maximum absolute atomic E-state index is 11.4. The molecule has 0 saturated heterocycles. The molecule has 2 N–H and O–H groups in total. The predicted octanol–water partition coefficient (Wildman–Crippen LogP) is 1.30. The number of benzene rings is 1. The Labute approximate surface area is 99.6 Å². The standard InChI is InChI=1S/C12H14N2O3/c13-6-8-17-11-4-1-3-10(9-11)14-12(16)5-2-7-15/h1,3-4,9,15H,2,5,7-8H2,(H,14,16). The summed E-state index contributed by atoms with van der Waals surface area (Å²) in [6.45, 7) is -0.0271. The van der Waals surface area contributed by atoms with Gasteiger partial charge in [0, 0.05) is 24.8 Å². The number of carbonyl (C=O) groups excluding carboxylic acids is 1. The Kier molecular flexibility index (Phi) is 5.55. The van der Waals surface area contributed by atoms with E-state index in [1.54, 1.807) is 24.3 Å². The fourth-order valence-electron chi connectivity index (χ4n) is 1.24. The molecule has 0 heterocycles. The van der Waals surface area contributed by atoms with Gasteiger partial charge in [0.2, 0.25) is 5.91 Å². The molecule has 1 aromatic carbocycles. The van der Waals surface area contributed by atoms with Crippen molar-refractivity contribution in [2.24, 2.45) is 0 Å². The summed E-state index contributed by atoms with van der Waals surface area (Å²) in [7, 11) is 0. The molecular weight excluding hydrogens is 220 g/mol. The molecule has 1 aromatic rings. The second-order valence-corrected chi connectivity index (χ2v) is 3.35. The molecule has 0 aliphatic carbocycles. The van der Waals surface area contributed by atoms with Gasteiger partial charge in [0.25, 0.3) is 0 Å². The SMILES string of the molecule is N#CCOc1cccc(NC(=O)CCCO)c1. The third-order valence-corrected chi connectivity index (χ3v) is 1.98. The lowest BCUT2D eigenvalue weighted by Crippen LogP contribution is -2.11. The number of nitrogens with one attached hydrogen (secondary N) is 1. The Balaban J connectivity index is 2.53. The normalized spacial score (nSPS) is 9.41. The van der Waals surface area contributed by atoms with Crippen LogP contribution in [0.15, 0.2) is 24.3 Å². The maximum Gasteiger partial charge on any atom is 0.224 e. The van der Waals surface area contributed by atoms with Crippen molar-refractivity contribution >= 4 is 11.6 Å². The molecule has 0 aromatic heterocycles. The van der Waals surface area contributed by atoms with Crippen molar-refractivity contribution < 1.29 is 14.6 Å². The Morgan fingerprint density at radius 1 is 1.53 bits per heavy atom. The second-order valence-electron chi connectivity index (χ2n) is 3.35. The summed E-state index contributed by atoms with van der Waals surface area (Å²) in [6, 6.07) is 8.69. The predicted molar refractivity (Wildman–Crippen MR) is 62.5 cm³/mol. The van der Waals surface area contributed by atoms with Gasteiger partial charge in [-0.1, -0.05) is 6.07 Å². The number of nitriles is 1. The van der Waals surface area contributed by atoms with Crippen LogP contribution in [-0.2, 0) is 4.79 Å². The Morgan fingerprint density at radius 3 is 3.06 bits per heavy atom. The Bertz CT molecular complexity index is 412. The van der Waals surface area contributed by atoms with E-state index in [0.717, 1.165) is 0 Å². The molecule has 5 heteroatoms. The first-order valence-corrected chi connectivity index (χ1v) is 5.27. The topological polar surface area (TPSA) is 82.3 Å². The molecule has 0 fully saturated rings. The summed E-state index contributed by atoms with van der Waals surface area (Å²) >= 11 is 0. The van der Waals surface area contributed by atoms with Gasteiger partial charge in [-0.05, 0) is 18.6 Å². The lowest BCUT2D eigenvalue weighted by molar-refractivity contribution is -0.116. The van der Waals surface area contributed by atoms with Gasteiger partial charge in [-0.25, -0.2) is 0 Å². The van der Waals surface area contributed by atoms with Crippen LogP contribution in [-0.4, -0.2) is 24.2 Å². The first-order chi connectivity index (χ1) is 8.26. The quantitative estimate of drug-likeness (QED) is 0.777. The van der Waals surface area contributed by atoms with Crippen LogP contribution in [0.2, 0.25) is 0 Å². The molecular formula is C12H14N2O3. The highest BCUT2D eigenvalue weighted by Crippen LogP contribution is 2.17. The number of aliphatic hydroxyl groups is 1. The number of aliphatic hydroxyl groups excluding tert-OH is 1. The molecule has 0 bridgehead atoms. The number of amides is 1. The van der Waals surface area contributed by atoms with Crippen LogP contribution >= 0.6 is 0 Å². The van der Waals surface area contributed by atoms with Crippen LogP contribution in [0.3, 0.4) is 0 Å². The van der Waals surface area contributed by atoms with Crippen molar-refractivity contribution in [2.45, 2.75) is 12.8 Å². The van der Waals surface area contributed by atoms with Gasteiger partial charge in [-0.3, -0.25) is 4.79 Å². The van der Waals surface area contributed by atoms with Crippen molar-refractivity contribution in [3.63, 3.8) is 0 Å². The summed E-state index contributed by atoms with van der Waals surface area (Å²) in [6.07, 6.45) is 0.718. The third kappa shape index (κ3) is 5.00. The van der Waals surface area contributed by atoms with E-state index < -0.39 is 0 Å². The minimum atomic E-state index is -0.156. The molecule has 0 atom stereocenters. The van der Waals surface area contributed by atoms with E-state index in [1.165, 1.54) is 0 Å². The van der Waals surface area contributed by atoms with Gasteiger partial charge in [0.05, 0.1) is 0 Å². The largest absolute Gasteiger partial charge is 0.479 e. The molecule has 0 aliphatic rings. The first kappa shape index (κ1) is 13.0. The van der Waals surface area contributed by atoms with Gasteiger partial charge >= 0.3 is 0 Å². The maximum atomic E-state index is 11.4. The third-order valence-electron chi connectivity index (χ3n) is 1.98. The summed E-state index contributed by atoms with van der Waals surface area (Å²) in [5.74, 6) is 0.378. The average molecular weight is 234 g/mol. The van der Waals surface area contributed by atoms with Crippen molar-refractivity contribution in [3.8, 4) is 11.8 Å². The summed E-state index contributed by atoms with van der Waals surface area (Å²) < 4.78 is 5.11. The van der Waals surface area contributed by atoms with Gasteiger partial charge in [0.15, 0.2) is 6.61 Å². The molecule has 1 rings (SSSR count). The number of hydrogen-bond acceptors (Lipinski definition) is 4. The van der Waals surface area contributed by atoms with Gasteiger partial charge in [0.1, 0.15) is 11.8 Å². The highest BCUT2D eigenvalue weighted by Gasteiger charge is 2.02. The van der Waals surface area contributed by atoms with Gasteiger partial charge in [-0.2, -0.15) is 5.26 Å². The van der Waals surface area contributed by atoms with Crippen molar-refractivity contribution in [1.82, 2.24) is 0 Å². The van der Waals surface area contributed by atoms with Crippen LogP contribution in [0.25, 0.3) is 0 Å². The fourth-order valence-corrected chi connectivity index (χ4v) is 1.24. The smallest absolute Gasteiger partial charge is 0.224 e. The zero-order chi connectivity index (χ0) is 12.5. The van der Waals surface area contributed by atoms with E-state index in [4.69, 9.17) is 15.1 Å². The second kappa shape index (κ2) is 7.25. The van der Waals surface area contributed by atoms with E-state index in [2.05, 4.69) is 5.32 Å². The van der Waals surface area contributed by atoms with Crippen molar-refractivity contribution in [2.75, 3.05) is 18.5 Å². The molecule has 0 radical (unpaired) electrons. The zero-order valence-electron chi connectivity index (χ0n) is 9.35. The average Bonchev–Trinajstić information content (AvgIpc) is 2.34. The Morgan fingerprint density at radius 2 is 2.35 bits per heavy atom. The number of carbonyl (C=O) groups is 1. The molecule has 5 nitrogen and oxygen atoms in total. The first-order valence-electron chi connectivity index (χ1n) is 5.27. The van der Waals surface area contributed by atoms with Gasteiger partial charge < -0.3 is 15.2 Å². The molecule has 90 valence electrons. The number of rotatable bonds is 6. The van der Waals surface area contributed by atoms with E-state index in [1.807, 2.05) is 6.07 Å². The molecule has 0 spiro atoms. The Hall–Kier alpha value is -2.06. The number of anilines is 1. The van der Waals surface area contributed by atoms with E-state index in [9.17, 15) is 4.79 Å². The van der Waals surface area contributed by atoms with Crippen LogP contribution in [0.1, 0.15) is 12.8 Å². The van der Waals surface area contributed by atoms with Crippen LogP contribution in [0, 0.1) is 11.3 Å². The highest BCUT2D eigenvalue weighted by molar-refractivity contribution is 5.90. The lowest BCUT2D eigenvalue weighted by Gasteiger charge is -2.06. The monoisotopic (exact) mass is 234 g/mol. The summed E-state index contributed by atoms with van der Waals surface area (Å²) in [4.78, 5) is 11.4. The zero-order valence-corrected chi connectivity index (χ0v) is 9.35. The van der Waals surface area contributed by atoms with Crippen molar-refractivity contribution in [1.29, 1.82) is 5.26 Å². The number of ether oxygens (including phenoxy) is 1. The minimum Gasteiger partial charge on any atom is -0.479 e. The molecule has 1 amide bonds. The molecule has 0 saturated carbocycles.